The average molecular weight is 450 g/mol. The molecule has 0 saturated carbocycles. The largest absolute Gasteiger partial charge is 0.494 e. The zero-order valence-electron chi connectivity index (χ0n) is 17.6. The molecule has 0 bridgehead atoms. The number of methoxy groups -OCH3 is 1. The van der Waals surface area contributed by atoms with Gasteiger partial charge >= 0.3 is 0 Å². The summed E-state index contributed by atoms with van der Waals surface area (Å²) >= 11 is 1.39. The van der Waals surface area contributed by atoms with Gasteiger partial charge in [0.15, 0.2) is 0 Å². The SMILES string of the molecule is COc1cc(NC(=O)c2ccc(CNC(=O)c3cccs3)cc2)ccc1N1CCCC1=O. The number of carbonyl (C=O) groups is 3. The third-order valence-electron chi connectivity index (χ3n) is 5.22. The van der Waals surface area contributed by atoms with E-state index in [0.717, 1.165) is 12.0 Å². The Hall–Kier alpha value is -3.65. The number of rotatable bonds is 7. The molecule has 7 nitrogen and oxygen atoms in total. The Morgan fingerprint density at radius 1 is 1.09 bits per heavy atom. The fourth-order valence-electron chi connectivity index (χ4n) is 3.54. The molecule has 3 amide bonds. The van der Waals surface area contributed by atoms with Crippen molar-refractivity contribution in [3.8, 4) is 5.75 Å². The van der Waals surface area contributed by atoms with E-state index in [0.29, 0.717) is 47.1 Å². The number of benzene rings is 2. The fourth-order valence-corrected chi connectivity index (χ4v) is 4.18. The predicted molar refractivity (Wildman–Crippen MR) is 124 cm³/mol. The molecule has 1 aromatic heterocycles. The maximum absolute atomic E-state index is 12.7. The second-order valence-corrected chi connectivity index (χ2v) is 8.29. The third kappa shape index (κ3) is 4.81. The van der Waals surface area contributed by atoms with Crippen molar-refractivity contribution in [2.24, 2.45) is 0 Å². The first-order valence-electron chi connectivity index (χ1n) is 10.3. The highest BCUT2D eigenvalue weighted by atomic mass is 32.1. The molecule has 4 rings (SSSR count). The van der Waals surface area contributed by atoms with E-state index in [2.05, 4.69) is 10.6 Å². The summed E-state index contributed by atoms with van der Waals surface area (Å²) in [7, 11) is 1.54. The van der Waals surface area contributed by atoms with Gasteiger partial charge in [-0.25, -0.2) is 0 Å². The van der Waals surface area contributed by atoms with E-state index in [1.807, 2.05) is 23.6 Å². The smallest absolute Gasteiger partial charge is 0.261 e. The van der Waals surface area contributed by atoms with Crippen LogP contribution in [-0.4, -0.2) is 31.4 Å². The van der Waals surface area contributed by atoms with Gasteiger partial charge in [-0.1, -0.05) is 18.2 Å². The zero-order chi connectivity index (χ0) is 22.5. The van der Waals surface area contributed by atoms with Crippen LogP contribution in [0.3, 0.4) is 0 Å². The Balaban J connectivity index is 1.38. The van der Waals surface area contributed by atoms with Crippen molar-refractivity contribution in [2.45, 2.75) is 19.4 Å². The number of carbonyl (C=O) groups excluding carboxylic acids is 3. The molecule has 0 aliphatic carbocycles. The summed E-state index contributed by atoms with van der Waals surface area (Å²) in [6, 6.07) is 15.9. The second kappa shape index (κ2) is 9.65. The van der Waals surface area contributed by atoms with Crippen molar-refractivity contribution in [2.75, 3.05) is 23.9 Å². The van der Waals surface area contributed by atoms with E-state index in [9.17, 15) is 14.4 Å². The average Bonchev–Trinajstić information content (AvgIpc) is 3.50. The first-order chi connectivity index (χ1) is 15.5. The number of hydrogen-bond acceptors (Lipinski definition) is 5. The Morgan fingerprint density at radius 2 is 1.91 bits per heavy atom. The lowest BCUT2D eigenvalue weighted by Gasteiger charge is -2.19. The molecule has 32 heavy (non-hydrogen) atoms. The quantitative estimate of drug-likeness (QED) is 0.569. The van der Waals surface area contributed by atoms with Crippen molar-refractivity contribution >= 4 is 40.4 Å². The number of nitrogens with one attached hydrogen (secondary N) is 2. The minimum atomic E-state index is -0.258. The molecule has 0 radical (unpaired) electrons. The number of anilines is 2. The van der Waals surface area contributed by atoms with E-state index >= 15 is 0 Å². The Labute approximate surface area is 190 Å². The molecular formula is C24H23N3O4S. The zero-order valence-corrected chi connectivity index (χ0v) is 18.4. The van der Waals surface area contributed by atoms with Crippen LogP contribution in [0.1, 0.15) is 38.4 Å². The molecule has 164 valence electrons. The molecule has 1 saturated heterocycles. The molecule has 0 spiro atoms. The molecule has 2 heterocycles. The lowest BCUT2D eigenvalue weighted by Crippen LogP contribution is -2.24. The standard InChI is InChI=1S/C24H23N3O4S/c1-31-20-14-18(10-11-19(20)27-12-2-5-22(27)28)26-23(29)17-8-6-16(7-9-17)15-25-24(30)21-4-3-13-32-21/h3-4,6-11,13-14H,2,5,12,15H2,1H3,(H,25,30)(H,26,29). The van der Waals surface area contributed by atoms with Crippen LogP contribution in [0.4, 0.5) is 11.4 Å². The van der Waals surface area contributed by atoms with Crippen LogP contribution in [-0.2, 0) is 11.3 Å². The third-order valence-corrected chi connectivity index (χ3v) is 6.08. The van der Waals surface area contributed by atoms with Gasteiger partial charge in [0.05, 0.1) is 17.7 Å². The molecule has 0 unspecified atom stereocenters. The normalized spacial score (nSPS) is 13.2. The lowest BCUT2D eigenvalue weighted by molar-refractivity contribution is -0.117. The number of amides is 3. The minimum absolute atomic E-state index is 0.0757. The van der Waals surface area contributed by atoms with Crippen LogP contribution in [0, 0.1) is 0 Å². The van der Waals surface area contributed by atoms with E-state index in [4.69, 9.17) is 4.74 Å². The van der Waals surface area contributed by atoms with Gasteiger partial charge in [-0.2, -0.15) is 0 Å². The van der Waals surface area contributed by atoms with Gasteiger partial charge in [-0.3, -0.25) is 14.4 Å². The topological polar surface area (TPSA) is 87.7 Å². The van der Waals surface area contributed by atoms with Crippen molar-refractivity contribution in [1.82, 2.24) is 5.32 Å². The first-order valence-corrected chi connectivity index (χ1v) is 11.1. The Bertz CT molecular complexity index is 1130. The first kappa shape index (κ1) is 21.6. The Kier molecular flexibility index (Phi) is 6.51. The van der Waals surface area contributed by atoms with E-state index in [-0.39, 0.29) is 17.7 Å². The molecular weight excluding hydrogens is 426 g/mol. The summed E-state index contributed by atoms with van der Waals surface area (Å²) < 4.78 is 5.44. The summed E-state index contributed by atoms with van der Waals surface area (Å²) in [6.45, 7) is 1.05. The molecule has 1 fully saturated rings. The van der Waals surface area contributed by atoms with Crippen molar-refractivity contribution in [3.05, 3.63) is 76.0 Å². The maximum atomic E-state index is 12.7. The van der Waals surface area contributed by atoms with Crippen LogP contribution in [0.5, 0.6) is 5.75 Å². The van der Waals surface area contributed by atoms with E-state index < -0.39 is 0 Å². The van der Waals surface area contributed by atoms with Crippen molar-refractivity contribution < 1.29 is 19.1 Å². The van der Waals surface area contributed by atoms with Gasteiger partial charge in [-0.05, 0) is 47.7 Å². The summed E-state index contributed by atoms with van der Waals surface area (Å²) in [5.41, 5.74) is 2.68. The highest BCUT2D eigenvalue weighted by Gasteiger charge is 2.24. The Morgan fingerprint density at radius 3 is 2.56 bits per heavy atom. The van der Waals surface area contributed by atoms with Crippen LogP contribution in [0.15, 0.2) is 60.0 Å². The van der Waals surface area contributed by atoms with Crippen LogP contribution in [0.2, 0.25) is 0 Å². The van der Waals surface area contributed by atoms with Crippen LogP contribution in [0.25, 0.3) is 0 Å². The highest BCUT2D eigenvalue weighted by molar-refractivity contribution is 7.12. The number of nitrogens with zero attached hydrogens (tertiary/aromatic N) is 1. The molecule has 2 N–H and O–H groups in total. The van der Waals surface area contributed by atoms with Crippen LogP contribution >= 0.6 is 11.3 Å². The van der Waals surface area contributed by atoms with Crippen LogP contribution < -0.4 is 20.3 Å². The van der Waals surface area contributed by atoms with E-state index in [1.165, 1.54) is 11.3 Å². The highest BCUT2D eigenvalue weighted by Crippen LogP contribution is 2.34. The summed E-state index contributed by atoms with van der Waals surface area (Å²) in [4.78, 5) is 39.1. The predicted octanol–water partition coefficient (Wildman–Crippen LogP) is 4.07. The lowest BCUT2D eigenvalue weighted by atomic mass is 10.1. The molecule has 2 aromatic carbocycles. The number of hydrogen-bond donors (Lipinski definition) is 2. The van der Waals surface area contributed by atoms with Gasteiger partial charge in [0, 0.05) is 36.8 Å². The molecule has 3 aromatic rings. The monoisotopic (exact) mass is 449 g/mol. The molecule has 0 atom stereocenters. The molecule has 1 aliphatic rings. The minimum Gasteiger partial charge on any atom is -0.494 e. The summed E-state index contributed by atoms with van der Waals surface area (Å²) in [6.07, 6.45) is 1.36. The molecule has 8 heteroatoms. The molecule has 1 aliphatic heterocycles. The fraction of sp³-hybridized carbons (Fsp3) is 0.208. The number of thiophene rings is 1. The summed E-state index contributed by atoms with van der Waals surface area (Å²) in [5, 5.41) is 7.58. The second-order valence-electron chi connectivity index (χ2n) is 7.35. The number of ether oxygens (including phenoxy) is 1. The van der Waals surface area contributed by atoms with Gasteiger partial charge in [0.2, 0.25) is 5.91 Å². The van der Waals surface area contributed by atoms with Crippen molar-refractivity contribution in [1.29, 1.82) is 0 Å². The van der Waals surface area contributed by atoms with Gasteiger partial charge in [-0.15, -0.1) is 11.3 Å². The summed E-state index contributed by atoms with van der Waals surface area (Å²) in [5.74, 6) is 0.239. The van der Waals surface area contributed by atoms with Gasteiger partial charge in [0.1, 0.15) is 5.75 Å². The van der Waals surface area contributed by atoms with Gasteiger partial charge in [0.25, 0.3) is 11.8 Å². The van der Waals surface area contributed by atoms with Crippen molar-refractivity contribution in [3.63, 3.8) is 0 Å². The van der Waals surface area contributed by atoms with E-state index in [1.54, 1.807) is 48.4 Å². The maximum Gasteiger partial charge on any atom is 0.261 e. The van der Waals surface area contributed by atoms with Gasteiger partial charge < -0.3 is 20.3 Å².